The molecule has 0 aliphatic carbocycles. The fourth-order valence-electron chi connectivity index (χ4n) is 1.81. The molecule has 0 aromatic heterocycles. The van der Waals surface area contributed by atoms with Crippen LogP contribution >= 0.6 is 11.6 Å². The normalized spacial score (nSPS) is 10.2. The van der Waals surface area contributed by atoms with Crippen molar-refractivity contribution in [2.75, 3.05) is 13.2 Å². The Labute approximate surface area is 127 Å². The van der Waals surface area contributed by atoms with E-state index in [2.05, 4.69) is 5.32 Å². The third-order valence-corrected chi connectivity index (χ3v) is 3.08. The molecule has 1 amide bonds. The number of benzene rings is 2. The van der Waals surface area contributed by atoms with Crippen LogP contribution in [-0.2, 0) is 11.2 Å². The van der Waals surface area contributed by atoms with Crippen molar-refractivity contribution in [2.24, 2.45) is 0 Å². The number of carbonyl (C=O) groups excluding carboxylic acids is 1. The maximum Gasteiger partial charge on any atom is 0.224 e. The fraction of sp³-hybridized carbons (Fsp3) is 0.188. The van der Waals surface area contributed by atoms with Gasteiger partial charge in [0.2, 0.25) is 5.91 Å². The number of para-hydroxylation sites is 1. The number of hydrogen-bond acceptors (Lipinski definition) is 2. The van der Waals surface area contributed by atoms with Gasteiger partial charge in [-0.15, -0.1) is 0 Å². The first-order valence-corrected chi connectivity index (χ1v) is 6.91. The van der Waals surface area contributed by atoms with Crippen LogP contribution in [0.2, 0.25) is 5.02 Å². The van der Waals surface area contributed by atoms with E-state index in [0.717, 1.165) is 0 Å². The fourth-order valence-corrected chi connectivity index (χ4v) is 2.00. The van der Waals surface area contributed by atoms with Crippen molar-refractivity contribution in [3.05, 3.63) is 64.9 Å². The van der Waals surface area contributed by atoms with Crippen LogP contribution in [0.3, 0.4) is 0 Å². The van der Waals surface area contributed by atoms with Crippen LogP contribution in [0, 0.1) is 5.82 Å². The van der Waals surface area contributed by atoms with Crippen LogP contribution in [-0.4, -0.2) is 19.1 Å². The average molecular weight is 308 g/mol. The van der Waals surface area contributed by atoms with Crippen LogP contribution in [0.5, 0.6) is 5.75 Å². The quantitative estimate of drug-likeness (QED) is 0.832. The molecule has 21 heavy (non-hydrogen) atoms. The summed E-state index contributed by atoms with van der Waals surface area (Å²) in [6, 6.07) is 13.1. The van der Waals surface area contributed by atoms with Crippen LogP contribution in [0.25, 0.3) is 0 Å². The highest BCUT2D eigenvalue weighted by atomic mass is 35.5. The Morgan fingerprint density at radius 3 is 2.76 bits per heavy atom. The summed E-state index contributed by atoms with van der Waals surface area (Å²) in [7, 11) is 0. The number of amides is 1. The number of hydrogen-bond donors (Lipinski definition) is 1. The first-order valence-electron chi connectivity index (χ1n) is 6.53. The minimum absolute atomic E-state index is 0.143. The summed E-state index contributed by atoms with van der Waals surface area (Å²) in [4.78, 5) is 11.7. The van der Waals surface area contributed by atoms with Gasteiger partial charge in [-0.25, -0.2) is 4.39 Å². The van der Waals surface area contributed by atoms with E-state index in [9.17, 15) is 9.18 Å². The topological polar surface area (TPSA) is 38.3 Å². The summed E-state index contributed by atoms with van der Waals surface area (Å²) < 4.78 is 18.4. The molecule has 0 unspecified atom stereocenters. The predicted molar refractivity (Wildman–Crippen MR) is 80.1 cm³/mol. The van der Waals surface area contributed by atoms with Crippen molar-refractivity contribution < 1.29 is 13.9 Å². The molecule has 2 rings (SSSR count). The summed E-state index contributed by atoms with van der Waals surface area (Å²) in [5, 5.41) is 3.24. The van der Waals surface area contributed by atoms with E-state index in [1.807, 2.05) is 12.1 Å². The largest absolute Gasteiger partial charge is 0.490 e. The zero-order valence-corrected chi connectivity index (χ0v) is 12.1. The van der Waals surface area contributed by atoms with Gasteiger partial charge in [0.1, 0.15) is 18.2 Å². The molecule has 0 saturated heterocycles. The smallest absolute Gasteiger partial charge is 0.224 e. The molecule has 0 atom stereocenters. The molecule has 5 heteroatoms. The van der Waals surface area contributed by atoms with Gasteiger partial charge < -0.3 is 10.1 Å². The van der Waals surface area contributed by atoms with Gasteiger partial charge in [-0.1, -0.05) is 35.9 Å². The zero-order valence-electron chi connectivity index (χ0n) is 11.3. The Morgan fingerprint density at radius 2 is 2.00 bits per heavy atom. The van der Waals surface area contributed by atoms with E-state index >= 15 is 0 Å². The molecule has 110 valence electrons. The molecule has 0 heterocycles. The van der Waals surface area contributed by atoms with E-state index < -0.39 is 0 Å². The monoisotopic (exact) mass is 307 g/mol. The summed E-state index contributed by atoms with van der Waals surface area (Å²) in [6.45, 7) is 0.679. The van der Waals surface area contributed by atoms with Gasteiger partial charge in [0.05, 0.1) is 18.0 Å². The Morgan fingerprint density at radius 1 is 1.19 bits per heavy atom. The first-order chi connectivity index (χ1) is 10.1. The van der Waals surface area contributed by atoms with E-state index in [-0.39, 0.29) is 18.1 Å². The van der Waals surface area contributed by atoms with E-state index in [0.29, 0.717) is 29.5 Å². The molecule has 0 saturated carbocycles. The third-order valence-electron chi connectivity index (χ3n) is 2.77. The van der Waals surface area contributed by atoms with Gasteiger partial charge in [-0.05, 0) is 29.8 Å². The molecular formula is C16H15ClFNO2. The molecule has 0 spiro atoms. The maximum absolute atomic E-state index is 13.0. The summed E-state index contributed by atoms with van der Waals surface area (Å²) in [5.74, 6) is 0.0595. The van der Waals surface area contributed by atoms with Gasteiger partial charge in [0.15, 0.2) is 0 Å². The molecule has 0 fully saturated rings. The lowest BCUT2D eigenvalue weighted by Gasteiger charge is -2.09. The third kappa shape index (κ3) is 5.08. The number of carbonyl (C=O) groups is 1. The Bertz CT molecular complexity index is 619. The second kappa shape index (κ2) is 7.64. The predicted octanol–water partition coefficient (Wildman–Crippen LogP) is 3.22. The molecular weight excluding hydrogens is 293 g/mol. The summed E-state index contributed by atoms with van der Waals surface area (Å²) in [5.41, 5.74) is 0.638. The minimum atomic E-state index is -0.345. The standard InChI is InChI=1S/C16H15ClFNO2/c17-14-6-1-2-7-15(14)21-9-8-19-16(20)11-12-4-3-5-13(18)10-12/h1-7,10H,8-9,11H2,(H,19,20). The van der Waals surface area contributed by atoms with E-state index in [1.165, 1.54) is 12.1 Å². The minimum Gasteiger partial charge on any atom is -0.490 e. The lowest BCUT2D eigenvalue weighted by Crippen LogP contribution is -2.29. The molecule has 0 bridgehead atoms. The van der Waals surface area contributed by atoms with Gasteiger partial charge in [-0.3, -0.25) is 4.79 Å². The van der Waals surface area contributed by atoms with Crippen molar-refractivity contribution >= 4 is 17.5 Å². The number of ether oxygens (including phenoxy) is 1. The summed E-state index contributed by atoms with van der Waals surface area (Å²) >= 11 is 5.94. The molecule has 1 N–H and O–H groups in total. The average Bonchev–Trinajstić information content (AvgIpc) is 2.45. The number of halogens is 2. The molecule has 2 aromatic rings. The molecule has 0 aliphatic rings. The van der Waals surface area contributed by atoms with E-state index in [1.54, 1.807) is 24.3 Å². The van der Waals surface area contributed by atoms with E-state index in [4.69, 9.17) is 16.3 Å². The zero-order chi connectivity index (χ0) is 15.1. The Kier molecular flexibility index (Phi) is 5.58. The second-order valence-electron chi connectivity index (χ2n) is 4.44. The van der Waals surface area contributed by atoms with Crippen LogP contribution < -0.4 is 10.1 Å². The van der Waals surface area contributed by atoms with Crippen LogP contribution in [0.1, 0.15) is 5.56 Å². The molecule has 3 nitrogen and oxygen atoms in total. The van der Waals surface area contributed by atoms with Crippen molar-refractivity contribution in [2.45, 2.75) is 6.42 Å². The van der Waals surface area contributed by atoms with Crippen LogP contribution in [0.4, 0.5) is 4.39 Å². The van der Waals surface area contributed by atoms with Gasteiger partial charge in [0.25, 0.3) is 0 Å². The highest BCUT2D eigenvalue weighted by Gasteiger charge is 2.04. The lowest BCUT2D eigenvalue weighted by atomic mass is 10.1. The molecule has 0 radical (unpaired) electrons. The molecule has 2 aromatic carbocycles. The Balaban J connectivity index is 1.71. The Hall–Kier alpha value is -2.07. The van der Waals surface area contributed by atoms with Crippen molar-refractivity contribution in [1.29, 1.82) is 0 Å². The second-order valence-corrected chi connectivity index (χ2v) is 4.84. The molecule has 0 aliphatic heterocycles. The van der Waals surface area contributed by atoms with Gasteiger partial charge >= 0.3 is 0 Å². The SMILES string of the molecule is O=C(Cc1cccc(F)c1)NCCOc1ccccc1Cl. The maximum atomic E-state index is 13.0. The van der Waals surface area contributed by atoms with Crippen molar-refractivity contribution in [3.8, 4) is 5.75 Å². The number of rotatable bonds is 6. The van der Waals surface area contributed by atoms with Gasteiger partial charge in [0, 0.05) is 0 Å². The first kappa shape index (κ1) is 15.3. The van der Waals surface area contributed by atoms with Crippen molar-refractivity contribution in [1.82, 2.24) is 5.32 Å². The highest BCUT2D eigenvalue weighted by molar-refractivity contribution is 6.32. The van der Waals surface area contributed by atoms with Crippen LogP contribution in [0.15, 0.2) is 48.5 Å². The summed E-state index contributed by atoms with van der Waals surface area (Å²) in [6.07, 6.45) is 0.143. The van der Waals surface area contributed by atoms with Gasteiger partial charge in [-0.2, -0.15) is 0 Å². The van der Waals surface area contributed by atoms with Crippen molar-refractivity contribution in [3.63, 3.8) is 0 Å². The lowest BCUT2D eigenvalue weighted by molar-refractivity contribution is -0.120. The highest BCUT2D eigenvalue weighted by Crippen LogP contribution is 2.22. The number of nitrogens with one attached hydrogen (secondary N) is 1.